The van der Waals surface area contributed by atoms with Crippen LogP contribution in [0.25, 0.3) is 11.1 Å². The molecule has 16 heavy (non-hydrogen) atoms. The van der Waals surface area contributed by atoms with Crippen molar-refractivity contribution in [1.82, 2.24) is 0 Å². The highest BCUT2D eigenvalue weighted by molar-refractivity contribution is 7.10. The van der Waals surface area contributed by atoms with Crippen LogP contribution in [-0.4, -0.2) is 0 Å². The lowest BCUT2D eigenvalue weighted by Crippen LogP contribution is -1.95. The van der Waals surface area contributed by atoms with E-state index in [9.17, 15) is 0 Å². The first-order valence-electron chi connectivity index (χ1n) is 5.71. The minimum absolute atomic E-state index is 0.630. The molecule has 2 heteroatoms. The van der Waals surface area contributed by atoms with E-state index in [2.05, 4.69) is 42.6 Å². The smallest absolute Gasteiger partial charge is 0.0280 e. The fourth-order valence-electron chi connectivity index (χ4n) is 1.94. The zero-order valence-electron chi connectivity index (χ0n) is 9.57. The van der Waals surface area contributed by atoms with Crippen molar-refractivity contribution < 1.29 is 0 Å². The van der Waals surface area contributed by atoms with Gasteiger partial charge in [0.2, 0.25) is 0 Å². The van der Waals surface area contributed by atoms with Crippen molar-refractivity contribution in [2.75, 3.05) is 0 Å². The lowest BCUT2D eigenvalue weighted by molar-refractivity contribution is 0.922. The number of hydrogen-bond donors (Lipinski definition) is 1. The molecule has 0 bridgehead atoms. The summed E-state index contributed by atoms with van der Waals surface area (Å²) in [5.41, 5.74) is 9.75. The maximum atomic E-state index is 5.74. The second kappa shape index (κ2) is 5.28. The molecule has 0 aliphatic carbocycles. The van der Waals surface area contributed by atoms with Gasteiger partial charge in [0, 0.05) is 11.4 Å². The van der Waals surface area contributed by atoms with E-state index in [0.717, 1.165) is 6.42 Å². The monoisotopic (exact) mass is 231 g/mol. The van der Waals surface area contributed by atoms with Crippen molar-refractivity contribution in [3.8, 4) is 11.1 Å². The van der Waals surface area contributed by atoms with Crippen LogP contribution in [0.1, 0.15) is 23.8 Å². The third-order valence-corrected chi connectivity index (χ3v) is 3.65. The topological polar surface area (TPSA) is 26.0 Å². The summed E-state index contributed by atoms with van der Waals surface area (Å²) in [6, 6.07) is 10.9. The average Bonchev–Trinajstić information content (AvgIpc) is 2.78. The Morgan fingerprint density at radius 2 is 2.12 bits per heavy atom. The summed E-state index contributed by atoms with van der Waals surface area (Å²) in [5.74, 6) is 0. The highest BCUT2D eigenvalue weighted by Gasteiger charge is 2.05. The van der Waals surface area contributed by atoms with Crippen LogP contribution in [-0.2, 0) is 13.0 Å². The van der Waals surface area contributed by atoms with E-state index in [4.69, 9.17) is 5.73 Å². The third-order valence-electron chi connectivity index (χ3n) is 2.71. The average molecular weight is 231 g/mol. The van der Waals surface area contributed by atoms with Gasteiger partial charge in [-0.1, -0.05) is 37.6 Å². The first-order valence-corrected chi connectivity index (χ1v) is 6.59. The molecule has 0 aliphatic rings. The van der Waals surface area contributed by atoms with Crippen LogP contribution in [0.4, 0.5) is 0 Å². The van der Waals surface area contributed by atoms with Gasteiger partial charge in [-0.25, -0.2) is 0 Å². The van der Waals surface area contributed by atoms with Crippen LogP contribution in [0, 0.1) is 0 Å². The molecular weight excluding hydrogens is 214 g/mol. The molecule has 1 aromatic carbocycles. The quantitative estimate of drug-likeness (QED) is 0.850. The SMILES string of the molecule is CCCc1cccc(-c2ccsc2CN)c1. The third kappa shape index (κ3) is 2.34. The molecular formula is C14H17NS. The van der Waals surface area contributed by atoms with Gasteiger partial charge in [0.05, 0.1) is 0 Å². The van der Waals surface area contributed by atoms with Crippen molar-refractivity contribution in [2.24, 2.45) is 5.73 Å². The van der Waals surface area contributed by atoms with E-state index < -0.39 is 0 Å². The Morgan fingerprint density at radius 1 is 1.25 bits per heavy atom. The standard InChI is InChI=1S/C14H17NS/c1-2-4-11-5-3-6-12(9-11)13-7-8-16-14(13)10-15/h3,5-9H,2,4,10,15H2,1H3. The zero-order chi connectivity index (χ0) is 11.4. The molecule has 1 aromatic heterocycles. The van der Waals surface area contributed by atoms with Gasteiger partial charge in [0.15, 0.2) is 0 Å². The number of thiophene rings is 1. The number of hydrogen-bond acceptors (Lipinski definition) is 2. The van der Waals surface area contributed by atoms with Crippen molar-refractivity contribution in [3.63, 3.8) is 0 Å². The molecule has 0 spiro atoms. The molecule has 2 rings (SSSR count). The van der Waals surface area contributed by atoms with Gasteiger partial charge in [-0.05, 0) is 34.6 Å². The molecule has 2 N–H and O–H groups in total. The van der Waals surface area contributed by atoms with E-state index in [0.29, 0.717) is 6.54 Å². The minimum Gasteiger partial charge on any atom is -0.326 e. The van der Waals surface area contributed by atoms with Crippen molar-refractivity contribution in [2.45, 2.75) is 26.3 Å². The fourth-order valence-corrected chi connectivity index (χ4v) is 2.72. The molecule has 1 heterocycles. The molecule has 0 atom stereocenters. The number of aryl methyl sites for hydroxylation is 1. The summed E-state index contributed by atoms with van der Waals surface area (Å²) in [6.45, 7) is 2.84. The van der Waals surface area contributed by atoms with Crippen molar-refractivity contribution in [1.29, 1.82) is 0 Å². The summed E-state index contributed by atoms with van der Waals surface area (Å²) in [4.78, 5) is 1.27. The molecule has 0 saturated heterocycles. The molecule has 0 fully saturated rings. The molecule has 2 aromatic rings. The van der Waals surface area contributed by atoms with Gasteiger partial charge in [-0.2, -0.15) is 0 Å². The Kier molecular flexibility index (Phi) is 3.75. The van der Waals surface area contributed by atoms with Gasteiger partial charge in [-0.3, -0.25) is 0 Å². The number of nitrogens with two attached hydrogens (primary N) is 1. The summed E-state index contributed by atoms with van der Waals surface area (Å²) >= 11 is 1.74. The van der Waals surface area contributed by atoms with Crippen LogP contribution >= 0.6 is 11.3 Å². The summed E-state index contributed by atoms with van der Waals surface area (Å²) < 4.78 is 0. The molecule has 0 saturated carbocycles. The number of benzene rings is 1. The summed E-state index contributed by atoms with van der Waals surface area (Å²) in [5, 5.41) is 2.12. The highest BCUT2D eigenvalue weighted by Crippen LogP contribution is 2.28. The molecule has 0 aliphatic heterocycles. The van der Waals surface area contributed by atoms with Crippen molar-refractivity contribution in [3.05, 3.63) is 46.2 Å². The number of rotatable bonds is 4. The minimum atomic E-state index is 0.630. The Morgan fingerprint density at radius 3 is 2.88 bits per heavy atom. The van der Waals surface area contributed by atoms with E-state index in [-0.39, 0.29) is 0 Å². The van der Waals surface area contributed by atoms with Crippen LogP contribution in [0.2, 0.25) is 0 Å². The maximum absolute atomic E-state index is 5.74. The van der Waals surface area contributed by atoms with Crippen LogP contribution in [0.5, 0.6) is 0 Å². The highest BCUT2D eigenvalue weighted by atomic mass is 32.1. The van der Waals surface area contributed by atoms with Crippen LogP contribution in [0.3, 0.4) is 0 Å². The van der Waals surface area contributed by atoms with Crippen LogP contribution in [0.15, 0.2) is 35.7 Å². The molecule has 84 valence electrons. The lowest BCUT2D eigenvalue weighted by atomic mass is 10.0. The molecule has 0 amide bonds. The van der Waals surface area contributed by atoms with E-state index in [1.807, 2.05) is 0 Å². The van der Waals surface area contributed by atoms with Gasteiger partial charge in [-0.15, -0.1) is 11.3 Å². The summed E-state index contributed by atoms with van der Waals surface area (Å²) in [7, 11) is 0. The Balaban J connectivity index is 2.36. The largest absolute Gasteiger partial charge is 0.326 e. The first-order chi connectivity index (χ1) is 7.85. The Bertz CT molecular complexity index is 459. The second-order valence-corrected chi connectivity index (χ2v) is 4.91. The van der Waals surface area contributed by atoms with E-state index in [1.165, 1.54) is 28.0 Å². The summed E-state index contributed by atoms with van der Waals surface area (Å²) in [6.07, 6.45) is 2.34. The van der Waals surface area contributed by atoms with Gasteiger partial charge < -0.3 is 5.73 Å². The van der Waals surface area contributed by atoms with Gasteiger partial charge >= 0.3 is 0 Å². The van der Waals surface area contributed by atoms with Gasteiger partial charge in [0.1, 0.15) is 0 Å². The Hall–Kier alpha value is -1.12. The predicted octanol–water partition coefficient (Wildman–Crippen LogP) is 3.83. The zero-order valence-corrected chi connectivity index (χ0v) is 10.4. The maximum Gasteiger partial charge on any atom is 0.0280 e. The molecule has 0 unspecified atom stereocenters. The van der Waals surface area contributed by atoms with Crippen molar-refractivity contribution >= 4 is 11.3 Å². The van der Waals surface area contributed by atoms with Crippen LogP contribution < -0.4 is 5.73 Å². The molecule has 0 radical (unpaired) electrons. The predicted molar refractivity (Wildman–Crippen MR) is 71.6 cm³/mol. The normalized spacial score (nSPS) is 10.6. The van der Waals surface area contributed by atoms with E-state index in [1.54, 1.807) is 11.3 Å². The second-order valence-electron chi connectivity index (χ2n) is 3.91. The molecule has 1 nitrogen and oxygen atoms in total. The van der Waals surface area contributed by atoms with Gasteiger partial charge in [0.25, 0.3) is 0 Å². The Labute approximate surface area is 101 Å². The lowest BCUT2D eigenvalue weighted by Gasteiger charge is -2.05. The fraction of sp³-hybridized carbons (Fsp3) is 0.286. The first kappa shape index (κ1) is 11.4. The van der Waals surface area contributed by atoms with E-state index >= 15 is 0 Å².